The summed E-state index contributed by atoms with van der Waals surface area (Å²) in [6.45, 7) is 1.96. The molecule has 90 valence electrons. The Morgan fingerprint density at radius 3 is 2.94 bits per heavy atom. The van der Waals surface area contributed by atoms with Gasteiger partial charge in [-0.3, -0.25) is 5.10 Å². The maximum atomic E-state index is 13.4. The average molecular weight is 346 g/mol. The quantitative estimate of drug-likeness (QED) is 0.591. The molecule has 0 radical (unpaired) electrons. The molecular weight excluding hydrogens is 334 g/mol. The number of rotatable bonds is 3. The van der Waals surface area contributed by atoms with Crippen LogP contribution in [0.1, 0.15) is 18.5 Å². The standard InChI is InChI=1S/C11H12FIN4/c1-6(7-4-15-16-5-7)17-11-2-8(12)9(13)3-10(11)14/h2-6,17H,14H2,1H3,(H,15,16). The third-order valence-corrected chi connectivity index (χ3v) is 3.31. The molecule has 4 nitrogen and oxygen atoms in total. The molecule has 0 saturated heterocycles. The summed E-state index contributed by atoms with van der Waals surface area (Å²) in [7, 11) is 0. The molecule has 4 N–H and O–H groups in total. The fourth-order valence-corrected chi connectivity index (χ4v) is 1.99. The molecule has 1 aromatic carbocycles. The lowest BCUT2D eigenvalue weighted by Gasteiger charge is -2.15. The molecule has 1 unspecified atom stereocenters. The Morgan fingerprint density at radius 1 is 1.53 bits per heavy atom. The highest BCUT2D eigenvalue weighted by Gasteiger charge is 2.10. The van der Waals surface area contributed by atoms with E-state index in [0.717, 1.165) is 5.56 Å². The van der Waals surface area contributed by atoms with Gasteiger partial charge in [-0.25, -0.2) is 4.39 Å². The number of H-pyrrole nitrogens is 1. The van der Waals surface area contributed by atoms with Crippen LogP contribution in [0.4, 0.5) is 15.8 Å². The maximum absolute atomic E-state index is 13.4. The molecule has 0 aliphatic carbocycles. The minimum atomic E-state index is -0.276. The molecule has 0 bridgehead atoms. The molecule has 2 aromatic rings. The zero-order valence-corrected chi connectivity index (χ0v) is 11.3. The summed E-state index contributed by atoms with van der Waals surface area (Å²) in [5.74, 6) is -0.276. The summed E-state index contributed by atoms with van der Waals surface area (Å²) in [4.78, 5) is 0. The summed E-state index contributed by atoms with van der Waals surface area (Å²) in [5.41, 5.74) is 7.95. The van der Waals surface area contributed by atoms with E-state index in [2.05, 4.69) is 15.5 Å². The van der Waals surface area contributed by atoms with Crippen molar-refractivity contribution in [2.24, 2.45) is 0 Å². The fourth-order valence-electron chi connectivity index (χ4n) is 1.50. The van der Waals surface area contributed by atoms with Crippen molar-refractivity contribution in [1.29, 1.82) is 0 Å². The van der Waals surface area contributed by atoms with Crippen LogP contribution in [0.2, 0.25) is 0 Å². The zero-order chi connectivity index (χ0) is 12.4. The number of hydrogen-bond acceptors (Lipinski definition) is 3. The first-order chi connectivity index (χ1) is 8.08. The van der Waals surface area contributed by atoms with Crippen molar-refractivity contribution in [3.63, 3.8) is 0 Å². The molecule has 1 atom stereocenters. The highest BCUT2D eigenvalue weighted by Crippen LogP contribution is 2.27. The van der Waals surface area contributed by atoms with Gasteiger partial charge in [0.1, 0.15) is 5.82 Å². The number of aromatic amines is 1. The molecule has 0 aliphatic heterocycles. The number of halogens is 2. The van der Waals surface area contributed by atoms with Gasteiger partial charge in [-0.2, -0.15) is 5.10 Å². The van der Waals surface area contributed by atoms with Crippen LogP contribution in [0, 0.1) is 9.39 Å². The molecule has 2 rings (SSSR count). The van der Waals surface area contributed by atoms with E-state index < -0.39 is 0 Å². The van der Waals surface area contributed by atoms with Crippen LogP contribution in [-0.2, 0) is 0 Å². The van der Waals surface area contributed by atoms with Gasteiger partial charge in [0.15, 0.2) is 0 Å². The average Bonchev–Trinajstić information content (AvgIpc) is 2.79. The van der Waals surface area contributed by atoms with Gasteiger partial charge in [0, 0.05) is 17.8 Å². The Labute approximate surface area is 112 Å². The van der Waals surface area contributed by atoms with E-state index in [1.54, 1.807) is 18.5 Å². The lowest BCUT2D eigenvalue weighted by molar-refractivity contribution is 0.620. The highest BCUT2D eigenvalue weighted by atomic mass is 127. The SMILES string of the molecule is CC(Nc1cc(F)c(I)cc1N)c1cn[nH]c1. The smallest absolute Gasteiger partial charge is 0.138 e. The zero-order valence-electron chi connectivity index (χ0n) is 9.17. The molecule has 0 spiro atoms. The van der Waals surface area contributed by atoms with Gasteiger partial charge in [-0.05, 0) is 35.6 Å². The van der Waals surface area contributed by atoms with Gasteiger partial charge in [0.2, 0.25) is 0 Å². The fraction of sp³-hybridized carbons (Fsp3) is 0.182. The van der Waals surface area contributed by atoms with E-state index in [9.17, 15) is 4.39 Å². The number of nitrogens with one attached hydrogen (secondary N) is 2. The van der Waals surface area contributed by atoms with Crippen molar-refractivity contribution < 1.29 is 4.39 Å². The molecule has 1 heterocycles. The van der Waals surface area contributed by atoms with Gasteiger partial charge in [0.05, 0.1) is 27.2 Å². The van der Waals surface area contributed by atoms with Crippen molar-refractivity contribution >= 4 is 34.0 Å². The predicted octanol–water partition coefficient (Wildman–Crippen LogP) is 2.91. The van der Waals surface area contributed by atoms with Gasteiger partial charge in [0.25, 0.3) is 0 Å². The maximum Gasteiger partial charge on any atom is 0.138 e. The number of anilines is 2. The van der Waals surface area contributed by atoms with Crippen LogP contribution in [0.3, 0.4) is 0 Å². The Bertz CT molecular complexity index is 512. The topological polar surface area (TPSA) is 66.7 Å². The van der Waals surface area contributed by atoms with Gasteiger partial charge in [-0.15, -0.1) is 0 Å². The van der Waals surface area contributed by atoms with Crippen LogP contribution in [0.25, 0.3) is 0 Å². The van der Waals surface area contributed by atoms with Crippen molar-refractivity contribution in [2.75, 3.05) is 11.1 Å². The predicted molar refractivity (Wildman–Crippen MR) is 74.2 cm³/mol. The van der Waals surface area contributed by atoms with E-state index >= 15 is 0 Å². The van der Waals surface area contributed by atoms with E-state index in [4.69, 9.17) is 5.73 Å². The van der Waals surface area contributed by atoms with Crippen LogP contribution in [0.5, 0.6) is 0 Å². The number of aromatic nitrogens is 2. The third-order valence-electron chi connectivity index (χ3n) is 2.48. The Balaban J connectivity index is 2.22. The molecule has 0 saturated carbocycles. The highest BCUT2D eigenvalue weighted by molar-refractivity contribution is 14.1. The molecule has 0 amide bonds. The minimum Gasteiger partial charge on any atom is -0.397 e. The lowest BCUT2D eigenvalue weighted by atomic mass is 10.1. The molecule has 0 fully saturated rings. The first-order valence-electron chi connectivity index (χ1n) is 5.07. The van der Waals surface area contributed by atoms with Gasteiger partial charge >= 0.3 is 0 Å². The Kier molecular flexibility index (Phi) is 3.51. The van der Waals surface area contributed by atoms with E-state index in [0.29, 0.717) is 14.9 Å². The second-order valence-electron chi connectivity index (χ2n) is 3.75. The van der Waals surface area contributed by atoms with E-state index in [1.807, 2.05) is 29.5 Å². The monoisotopic (exact) mass is 346 g/mol. The number of benzene rings is 1. The number of nitrogen functional groups attached to an aromatic ring is 1. The van der Waals surface area contributed by atoms with Gasteiger partial charge in [-0.1, -0.05) is 0 Å². The summed E-state index contributed by atoms with van der Waals surface area (Å²) in [5, 5.41) is 9.75. The second kappa shape index (κ2) is 4.91. The van der Waals surface area contributed by atoms with Crippen LogP contribution >= 0.6 is 22.6 Å². The van der Waals surface area contributed by atoms with Crippen molar-refractivity contribution in [3.05, 3.63) is 39.5 Å². The summed E-state index contributed by atoms with van der Waals surface area (Å²) in [6.07, 6.45) is 3.51. The normalized spacial score (nSPS) is 12.4. The number of hydrogen-bond donors (Lipinski definition) is 3. The summed E-state index contributed by atoms with van der Waals surface area (Å²) >= 11 is 1.91. The number of nitrogens with two attached hydrogens (primary N) is 1. The Morgan fingerprint density at radius 2 is 2.29 bits per heavy atom. The molecule has 17 heavy (non-hydrogen) atoms. The minimum absolute atomic E-state index is 0.00973. The summed E-state index contributed by atoms with van der Waals surface area (Å²) < 4.78 is 13.9. The van der Waals surface area contributed by atoms with Crippen LogP contribution in [-0.4, -0.2) is 10.2 Å². The van der Waals surface area contributed by atoms with E-state index in [1.165, 1.54) is 6.07 Å². The second-order valence-corrected chi connectivity index (χ2v) is 4.91. The van der Waals surface area contributed by atoms with Crippen molar-refractivity contribution in [2.45, 2.75) is 13.0 Å². The molecule has 6 heteroatoms. The van der Waals surface area contributed by atoms with Crippen molar-refractivity contribution in [1.82, 2.24) is 10.2 Å². The van der Waals surface area contributed by atoms with E-state index in [-0.39, 0.29) is 11.9 Å². The first kappa shape index (κ1) is 12.2. The first-order valence-corrected chi connectivity index (χ1v) is 6.15. The van der Waals surface area contributed by atoms with Crippen LogP contribution < -0.4 is 11.1 Å². The molecule has 0 aliphatic rings. The molecular formula is C11H12FIN4. The van der Waals surface area contributed by atoms with Gasteiger partial charge < -0.3 is 11.1 Å². The number of nitrogens with zero attached hydrogens (tertiary/aromatic N) is 1. The third kappa shape index (κ3) is 2.68. The van der Waals surface area contributed by atoms with Crippen molar-refractivity contribution in [3.8, 4) is 0 Å². The Hall–Kier alpha value is -1.31. The summed E-state index contributed by atoms with van der Waals surface area (Å²) in [6, 6.07) is 3.03. The largest absolute Gasteiger partial charge is 0.397 e. The molecule has 1 aromatic heterocycles. The van der Waals surface area contributed by atoms with Crippen LogP contribution in [0.15, 0.2) is 24.5 Å². The lowest BCUT2D eigenvalue weighted by Crippen LogP contribution is -2.08.